The minimum atomic E-state index is -3.23. The first-order valence-corrected chi connectivity index (χ1v) is 9.72. The Morgan fingerprint density at radius 3 is 2.95 bits per heavy atom. The molecule has 0 radical (unpaired) electrons. The van der Waals surface area contributed by atoms with Gasteiger partial charge in [0.05, 0.1) is 17.9 Å². The van der Waals surface area contributed by atoms with Crippen LogP contribution in [0.1, 0.15) is 29.5 Å². The van der Waals surface area contributed by atoms with Crippen molar-refractivity contribution >= 4 is 33.5 Å². The predicted octanol–water partition coefficient (Wildman–Crippen LogP) is 1.57. The van der Waals surface area contributed by atoms with E-state index in [9.17, 15) is 13.2 Å². The second-order valence-electron chi connectivity index (χ2n) is 5.28. The predicted molar refractivity (Wildman–Crippen MR) is 88.6 cm³/mol. The van der Waals surface area contributed by atoms with E-state index in [1.54, 1.807) is 24.5 Å². The van der Waals surface area contributed by atoms with Crippen LogP contribution < -0.4 is 5.43 Å². The van der Waals surface area contributed by atoms with Crippen LogP contribution >= 0.6 is 11.3 Å². The molecule has 0 saturated carbocycles. The molecule has 1 atom stereocenters. The minimum absolute atomic E-state index is 0.0667. The van der Waals surface area contributed by atoms with E-state index in [1.165, 1.54) is 9.18 Å². The summed E-state index contributed by atoms with van der Waals surface area (Å²) < 4.78 is 25.2. The molecule has 1 saturated heterocycles. The van der Waals surface area contributed by atoms with Gasteiger partial charge >= 0.3 is 0 Å². The van der Waals surface area contributed by atoms with Gasteiger partial charge < -0.3 is 0 Å². The van der Waals surface area contributed by atoms with Crippen LogP contribution in [-0.2, 0) is 14.8 Å². The number of rotatable bonds is 5. The molecule has 1 amide bonds. The molecule has 0 bridgehead atoms. The summed E-state index contributed by atoms with van der Waals surface area (Å²) in [5, 5.41) is 3.96. The zero-order valence-corrected chi connectivity index (χ0v) is 14.4. The minimum Gasteiger partial charge on any atom is -0.273 e. The number of nitrogens with zero attached hydrogens (tertiary/aromatic N) is 2. The van der Waals surface area contributed by atoms with Crippen molar-refractivity contribution in [2.75, 3.05) is 18.8 Å². The first kappa shape index (κ1) is 17.1. The summed E-state index contributed by atoms with van der Waals surface area (Å²) in [4.78, 5) is 14.3. The highest BCUT2D eigenvalue weighted by Gasteiger charge is 2.31. The number of carbonyl (C=O) groups is 1. The standard InChI is InChI=1S/C14H21N3O3S2/c1-3-22(19,20)17-8-4-5-12(10-17)14(18)16-15-9-13-7-6-11(2)21-13/h6-7,9,12H,3-5,8,10H2,1-2H3,(H,16,18). The molecule has 22 heavy (non-hydrogen) atoms. The lowest BCUT2D eigenvalue weighted by atomic mass is 9.99. The molecule has 1 aliphatic heterocycles. The van der Waals surface area contributed by atoms with Crippen LogP contribution in [0.15, 0.2) is 17.2 Å². The highest BCUT2D eigenvalue weighted by Crippen LogP contribution is 2.19. The topological polar surface area (TPSA) is 78.8 Å². The SMILES string of the molecule is CCS(=O)(=O)N1CCCC(C(=O)NN=Cc2ccc(C)s2)C1. The molecular formula is C14H21N3O3S2. The molecule has 1 aromatic rings. The highest BCUT2D eigenvalue weighted by atomic mass is 32.2. The third-order valence-electron chi connectivity index (χ3n) is 3.64. The Morgan fingerprint density at radius 1 is 1.55 bits per heavy atom. The molecule has 1 unspecified atom stereocenters. The highest BCUT2D eigenvalue weighted by molar-refractivity contribution is 7.89. The van der Waals surface area contributed by atoms with E-state index < -0.39 is 10.0 Å². The quantitative estimate of drug-likeness (QED) is 0.651. The zero-order chi connectivity index (χ0) is 16.2. The van der Waals surface area contributed by atoms with Crippen LogP contribution in [0.25, 0.3) is 0 Å². The molecule has 1 aromatic heterocycles. The van der Waals surface area contributed by atoms with E-state index in [2.05, 4.69) is 10.5 Å². The van der Waals surface area contributed by atoms with Crippen molar-refractivity contribution < 1.29 is 13.2 Å². The third kappa shape index (κ3) is 4.37. The van der Waals surface area contributed by atoms with Crippen molar-refractivity contribution in [1.82, 2.24) is 9.73 Å². The lowest BCUT2D eigenvalue weighted by molar-refractivity contribution is -0.126. The van der Waals surface area contributed by atoms with Gasteiger partial charge in [-0.05, 0) is 38.8 Å². The maximum absolute atomic E-state index is 12.1. The second-order valence-corrected chi connectivity index (χ2v) is 8.86. The van der Waals surface area contributed by atoms with Crippen LogP contribution in [0.3, 0.4) is 0 Å². The molecule has 1 N–H and O–H groups in total. The summed E-state index contributed by atoms with van der Waals surface area (Å²) in [6.45, 7) is 4.37. The molecule has 0 aromatic carbocycles. The number of sulfonamides is 1. The fraction of sp³-hybridized carbons (Fsp3) is 0.571. The summed E-state index contributed by atoms with van der Waals surface area (Å²) in [6.07, 6.45) is 3.00. The van der Waals surface area contributed by atoms with Crippen LogP contribution in [0.4, 0.5) is 0 Å². The number of aryl methyl sites for hydroxylation is 1. The molecule has 0 spiro atoms. The largest absolute Gasteiger partial charge is 0.273 e. The smallest absolute Gasteiger partial charge is 0.244 e. The average molecular weight is 343 g/mol. The number of thiophene rings is 1. The number of amides is 1. The Hall–Kier alpha value is -1.25. The lowest BCUT2D eigenvalue weighted by Gasteiger charge is -2.30. The molecule has 122 valence electrons. The summed E-state index contributed by atoms with van der Waals surface area (Å²) in [5.41, 5.74) is 2.52. The van der Waals surface area contributed by atoms with E-state index in [1.807, 2.05) is 19.1 Å². The second kappa shape index (κ2) is 7.34. The Kier molecular flexibility index (Phi) is 5.71. The van der Waals surface area contributed by atoms with E-state index in [0.717, 1.165) is 4.88 Å². The van der Waals surface area contributed by atoms with Gasteiger partial charge in [-0.25, -0.2) is 18.1 Å². The molecule has 1 aliphatic rings. The third-order valence-corrected chi connectivity index (χ3v) is 6.42. The van der Waals surface area contributed by atoms with Gasteiger partial charge in [-0.2, -0.15) is 5.10 Å². The number of hydrogen-bond acceptors (Lipinski definition) is 5. The van der Waals surface area contributed by atoms with Crippen molar-refractivity contribution in [1.29, 1.82) is 0 Å². The van der Waals surface area contributed by atoms with Gasteiger partial charge in [0, 0.05) is 22.8 Å². The van der Waals surface area contributed by atoms with Gasteiger partial charge in [0.15, 0.2) is 0 Å². The van der Waals surface area contributed by atoms with Crippen molar-refractivity contribution in [3.05, 3.63) is 21.9 Å². The van der Waals surface area contributed by atoms with Gasteiger partial charge in [0.25, 0.3) is 0 Å². The van der Waals surface area contributed by atoms with Crippen molar-refractivity contribution in [3.8, 4) is 0 Å². The molecule has 6 nitrogen and oxygen atoms in total. The zero-order valence-electron chi connectivity index (χ0n) is 12.8. The van der Waals surface area contributed by atoms with Crippen molar-refractivity contribution in [2.24, 2.45) is 11.0 Å². The number of hydrazone groups is 1. The molecule has 2 heterocycles. The number of carbonyl (C=O) groups excluding carboxylic acids is 1. The van der Waals surface area contributed by atoms with Crippen LogP contribution in [0, 0.1) is 12.8 Å². The molecule has 8 heteroatoms. The van der Waals surface area contributed by atoms with E-state index in [4.69, 9.17) is 0 Å². The molecule has 0 aliphatic carbocycles. The fourth-order valence-electron chi connectivity index (χ4n) is 2.37. The van der Waals surface area contributed by atoms with Crippen LogP contribution in [-0.4, -0.2) is 43.7 Å². The number of hydrogen-bond donors (Lipinski definition) is 1. The first-order chi connectivity index (χ1) is 10.4. The van der Waals surface area contributed by atoms with Crippen LogP contribution in [0.2, 0.25) is 0 Å². The van der Waals surface area contributed by atoms with Gasteiger partial charge in [0.1, 0.15) is 0 Å². The maximum Gasteiger partial charge on any atom is 0.244 e. The van der Waals surface area contributed by atoms with E-state index in [-0.39, 0.29) is 24.1 Å². The molecule has 1 fully saturated rings. The van der Waals surface area contributed by atoms with Crippen molar-refractivity contribution in [3.63, 3.8) is 0 Å². The first-order valence-electron chi connectivity index (χ1n) is 7.29. The van der Waals surface area contributed by atoms with E-state index >= 15 is 0 Å². The summed E-state index contributed by atoms with van der Waals surface area (Å²) >= 11 is 1.59. The maximum atomic E-state index is 12.1. The molecule has 2 rings (SSSR count). The van der Waals surface area contributed by atoms with Crippen LogP contribution in [0.5, 0.6) is 0 Å². The average Bonchev–Trinajstić information content (AvgIpc) is 2.92. The lowest BCUT2D eigenvalue weighted by Crippen LogP contribution is -2.45. The molecular weight excluding hydrogens is 322 g/mol. The normalized spacial score (nSPS) is 20.4. The number of nitrogens with one attached hydrogen (secondary N) is 1. The number of piperidine rings is 1. The van der Waals surface area contributed by atoms with Gasteiger partial charge in [-0.1, -0.05) is 0 Å². The van der Waals surface area contributed by atoms with Gasteiger partial charge in [0.2, 0.25) is 15.9 Å². The fourth-order valence-corrected chi connectivity index (χ4v) is 4.29. The van der Waals surface area contributed by atoms with E-state index in [0.29, 0.717) is 19.4 Å². The Bertz CT molecular complexity index is 652. The Morgan fingerprint density at radius 2 is 2.32 bits per heavy atom. The van der Waals surface area contributed by atoms with Gasteiger partial charge in [-0.3, -0.25) is 4.79 Å². The summed E-state index contributed by atoms with van der Waals surface area (Å²) in [6, 6.07) is 3.92. The Balaban J connectivity index is 1.91. The monoisotopic (exact) mass is 343 g/mol. The van der Waals surface area contributed by atoms with Gasteiger partial charge in [-0.15, -0.1) is 11.3 Å². The van der Waals surface area contributed by atoms with Crippen molar-refractivity contribution in [2.45, 2.75) is 26.7 Å². The summed E-state index contributed by atoms with van der Waals surface area (Å²) in [7, 11) is -3.23. The Labute approximate surface area is 135 Å². The summed E-state index contributed by atoms with van der Waals surface area (Å²) in [5.74, 6) is -0.491.